The van der Waals surface area contributed by atoms with E-state index < -0.39 is 0 Å². The van der Waals surface area contributed by atoms with E-state index in [0.717, 1.165) is 36.9 Å². The third-order valence-electron chi connectivity index (χ3n) is 6.09. The second-order valence-corrected chi connectivity index (χ2v) is 7.70. The summed E-state index contributed by atoms with van der Waals surface area (Å²) in [5.41, 5.74) is 2.01. The third-order valence-corrected chi connectivity index (χ3v) is 6.09. The van der Waals surface area contributed by atoms with Crippen LogP contribution in [0, 0.1) is 11.2 Å². The largest absolute Gasteiger partial charge is 0.396 e. The van der Waals surface area contributed by atoms with E-state index in [1.165, 1.54) is 12.1 Å². The minimum Gasteiger partial charge on any atom is -0.396 e. The van der Waals surface area contributed by atoms with E-state index in [1.807, 2.05) is 29.2 Å². The Morgan fingerprint density at radius 1 is 1.22 bits per heavy atom. The second-order valence-electron chi connectivity index (χ2n) is 7.70. The Hall–Kier alpha value is -2.24. The van der Waals surface area contributed by atoms with Gasteiger partial charge in [-0.15, -0.1) is 0 Å². The fraction of sp³-hybridized carbons (Fsp3) is 0.409. The highest BCUT2D eigenvalue weighted by Gasteiger charge is 2.45. The molecule has 1 amide bonds. The van der Waals surface area contributed by atoms with E-state index in [9.17, 15) is 14.3 Å². The van der Waals surface area contributed by atoms with Crippen LogP contribution in [0.4, 0.5) is 4.39 Å². The summed E-state index contributed by atoms with van der Waals surface area (Å²) in [5, 5.41) is 13.6. The number of amides is 1. The topological polar surface area (TPSA) is 52.6 Å². The van der Waals surface area contributed by atoms with Crippen LogP contribution in [0.3, 0.4) is 0 Å². The monoisotopic (exact) mass is 368 g/mol. The molecular weight excluding hydrogens is 343 g/mol. The summed E-state index contributed by atoms with van der Waals surface area (Å²) in [6.45, 7) is 2.32. The van der Waals surface area contributed by atoms with E-state index in [1.54, 1.807) is 12.1 Å². The molecule has 0 radical (unpaired) electrons. The Morgan fingerprint density at radius 3 is 2.78 bits per heavy atom. The summed E-state index contributed by atoms with van der Waals surface area (Å²) in [4.78, 5) is 15.2. The number of hydrogen-bond acceptors (Lipinski definition) is 3. The molecule has 4 rings (SSSR count). The molecule has 2 aliphatic heterocycles. The summed E-state index contributed by atoms with van der Waals surface area (Å²) in [6, 6.07) is 14.0. The van der Waals surface area contributed by atoms with Gasteiger partial charge in [-0.05, 0) is 55.1 Å². The van der Waals surface area contributed by atoms with Crippen LogP contribution < -0.4 is 5.32 Å². The van der Waals surface area contributed by atoms with E-state index in [-0.39, 0.29) is 29.8 Å². The molecule has 142 valence electrons. The zero-order valence-electron chi connectivity index (χ0n) is 15.3. The highest BCUT2D eigenvalue weighted by atomic mass is 19.1. The van der Waals surface area contributed by atoms with Gasteiger partial charge in [0.05, 0.1) is 6.61 Å². The number of carbonyl (C=O) groups is 1. The Balaban J connectivity index is 1.63. The van der Waals surface area contributed by atoms with Crippen molar-refractivity contribution in [3.8, 4) is 11.1 Å². The summed E-state index contributed by atoms with van der Waals surface area (Å²) in [6.07, 6.45) is 2.81. The van der Waals surface area contributed by atoms with Gasteiger partial charge in [-0.25, -0.2) is 4.39 Å². The molecule has 2 aliphatic rings. The van der Waals surface area contributed by atoms with Gasteiger partial charge < -0.3 is 15.3 Å². The van der Waals surface area contributed by atoms with Crippen LogP contribution in [0.1, 0.15) is 29.6 Å². The average molecular weight is 368 g/mol. The van der Waals surface area contributed by atoms with Crippen molar-refractivity contribution in [2.45, 2.75) is 25.3 Å². The van der Waals surface area contributed by atoms with E-state index in [0.29, 0.717) is 18.7 Å². The lowest BCUT2D eigenvalue weighted by Crippen LogP contribution is -2.62. The zero-order valence-corrected chi connectivity index (χ0v) is 15.3. The molecule has 2 saturated heterocycles. The number of nitrogens with zero attached hydrogens (tertiary/aromatic N) is 1. The van der Waals surface area contributed by atoms with E-state index in [4.69, 9.17) is 0 Å². The van der Waals surface area contributed by atoms with Gasteiger partial charge in [0.2, 0.25) is 0 Å². The lowest BCUT2D eigenvalue weighted by atomic mass is 9.70. The first-order valence-corrected chi connectivity index (χ1v) is 9.61. The van der Waals surface area contributed by atoms with Gasteiger partial charge in [0.25, 0.3) is 5.91 Å². The maximum atomic E-state index is 13.3. The van der Waals surface area contributed by atoms with Crippen molar-refractivity contribution in [2.75, 3.05) is 26.2 Å². The maximum Gasteiger partial charge on any atom is 0.254 e. The van der Waals surface area contributed by atoms with Crippen LogP contribution in [-0.4, -0.2) is 48.2 Å². The smallest absolute Gasteiger partial charge is 0.254 e. The summed E-state index contributed by atoms with van der Waals surface area (Å²) in [5.74, 6) is -0.314. The summed E-state index contributed by atoms with van der Waals surface area (Å²) in [7, 11) is 0. The fourth-order valence-corrected chi connectivity index (χ4v) is 4.58. The first kappa shape index (κ1) is 18.1. The lowest BCUT2D eigenvalue weighted by molar-refractivity contribution is -0.0137. The van der Waals surface area contributed by atoms with Crippen molar-refractivity contribution in [1.82, 2.24) is 10.2 Å². The van der Waals surface area contributed by atoms with Crippen molar-refractivity contribution in [2.24, 2.45) is 5.41 Å². The van der Waals surface area contributed by atoms with Crippen molar-refractivity contribution in [3.63, 3.8) is 0 Å². The molecule has 0 unspecified atom stereocenters. The number of rotatable bonds is 3. The zero-order chi connectivity index (χ0) is 18.9. The molecule has 0 aromatic heterocycles. The maximum absolute atomic E-state index is 13.3. The molecule has 4 nitrogen and oxygen atoms in total. The van der Waals surface area contributed by atoms with Gasteiger partial charge in [0.15, 0.2) is 0 Å². The van der Waals surface area contributed by atoms with Gasteiger partial charge in [-0.2, -0.15) is 0 Å². The molecule has 0 saturated carbocycles. The molecule has 2 aromatic rings. The number of aliphatic hydroxyl groups excluding tert-OH is 1. The highest BCUT2D eigenvalue weighted by Crippen LogP contribution is 2.38. The number of halogens is 1. The quantitative estimate of drug-likeness (QED) is 0.876. The van der Waals surface area contributed by atoms with Crippen LogP contribution in [0.25, 0.3) is 11.1 Å². The third kappa shape index (κ3) is 3.37. The lowest BCUT2D eigenvalue weighted by Gasteiger charge is -2.50. The molecular formula is C22H25FN2O2. The number of fused-ring (bicyclic) bond motifs is 1. The molecule has 2 atom stereocenters. The van der Waals surface area contributed by atoms with Gasteiger partial charge in [0.1, 0.15) is 5.82 Å². The molecule has 5 heteroatoms. The standard InChI is InChI=1S/C22H25FN2O2/c23-17-8-6-16(7-9-17)18-4-1-2-5-19(18)21(27)25-13-10-20-22(14-25,15-26)11-3-12-24-20/h1-2,4-9,20,24,26H,3,10-15H2/t20-,22-/m1/s1. The molecule has 2 N–H and O–H groups in total. The van der Waals surface area contributed by atoms with Crippen LogP contribution in [-0.2, 0) is 0 Å². The van der Waals surface area contributed by atoms with E-state index in [2.05, 4.69) is 5.32 Å². The Kier molecular flexibility index (Phi) is 4.98. The van der Waals surface area contributed by atoms with Crippen LogP contribution in [0.2, 0.25) is 0 Å². The molecule has 0 aliphatic carbocycles. The Labute approximate surface area is 159 Å². The van der Waals surface area contributed by atoms with Crippen molar-refractivity contribution >= 4 is 5.91 Å². The highest BCUT2D eigenvalue weighted by molar-refractivity contribution is 6.01. The predicted octanol–water partition coefficient (Wildman–Crippen LogP) is 3.07. The van der Waals surface area contributed by atoms with Gasteiger partial charge in [0, 0.05) is 30.1 Å². The molecule has 2 fully saturated rings. The summed E-state index contributed by atoms with van der Waals surface area (Å²) < 4.78 is 13.3. The van der Waals surface area contributed by atoms with Crippen LogP contribution >= 0.6 is 0 Å². The van der Waals surface area contributed by atoms with Crippen molar-refractivity contribution in [3.05, 3.63) is 59.9 Å². The van der Waals surface area contributed by atoms with Crippen molar-refractivity contribution < 1.29 is 14.3 Å². The van der Waals surface area contributed by atoms with Crippen LogP contribution in [0.5, 0.6) is 0 Å². The number of aliphatic hydroxyl groups is 1. The molecule has 27 heavy (non-hydrogen) atoms. The SMILES string of the molecule is O=C(c1ccccc1-c1ccc(F)cc1)N1CC[C@H]2NCCC[C@]2(CO)C1. The normalized spacial score (nSPS) is 25.1. The van der Waals surface area contributed by atoms with E-state index >= 15 is 0 Å². The number of carbonyl (C=O) groups excluding carboxylic acids is 1. The number of hydrogen-bond donors (Lipinski definition) is 2. The fourth-order valence-electron chi connectivity index (χ4n) is 4.58. The van der Waals surface area contributed by atoms with Gasteiger partial charge in [-0.1, -0.05) is 30.3 Å². The Morgan fingerprint density at radius 2 is 2.00 bits per heavy atom. The molecule has 2 heterocycles. The van der Waals surface area contributed by atoms with Crippen molar-refractivity contribution in [1.29, 1.82) is 0 Å². The minimum absolute atomic E-state index is 0.0215. The van der Waals surface area contributed by atoms with Gasteiger partial charge >= 0.3 is 0 Å². The first-order valence-electron chi connectivity index (χ1n) is 9.61. The molecule has 0 spiro atoms. The first-order chi connectivity index (χ1) is 13.1. The molecule has 2 aromatic carbocycles. The Bertz CT molecular complexity index is 823. The second kappa shape index (κ2) is 7.41. The van der Waals surface area contributed by atoms with Gasteiger partial charge in [-0.3, -0.25) is 4.79 Å². The summed E-state index contributed by atoms with van der Waals surface area (Å²) >= 11 is 0. The number of piperidine rings is 2. The number of benzene rings is 2. The number of likely N-dealkylation sites (tertiary alicyclic amines) is 1. The predicted molar refractivity (Wildman–Crippen MR) is 103 cm³/mol. The van der Waals surface area contributed by atoms with Crippen LogP contribution in [0.15, 0.2) is 48.5 Å². The minimum atomic E-state index is -0.292. The average Bonchev–Trinajstić information content (AvgIpc) is 2.73. The number of nitrogens with one attached hydrogen (secondary N) is 1. The molecule has 0 bridgehead atoms.